The molecular weight excluding hydrogens is 322 g/mol. The van der Waals surface area contributed by atoms with Crippen molar-refractivity contribution >= 4 is 10.9 Å². The molecule has 0 spiro atoms. The van der Waals surface area contributed by atoms with E-state index in [4.69, 9.17) is 0 Å². The molecule has 1 N–H and O–H groups in total. The van der Waals surface area contributed by atoms with Gasteiger partial charge in [0.05, 0.1) is 17.7 Å². The van der Waals surface area contributed by atoms with Gasteiger partial charge in [-0.25, -0.2) is 4.98 Å². The lowest BCUT2D eigenvalue weighted by molar-refractivity contribution is 0.145. The minimum Gasteiger partial charge on any atom is -0.390 e. The summed E-state index contributed by atoms with van der Waals surface area (Å²) < 4.78 is 2.10. The quantitative estimate of drug-likeness (QED) is 0.601. The number of aromatic nitrogens is 3. The van der Waals surface area contributed by atoms with Crippen molar-refractivity contribution in [1.82, 2.24) is 14.5 Å². The van der Waals surface area contributed by atoms with Gasteiger partial charge < -0.3 is 9.67 Å². The Labute approximate surface area is 151 Å². The number of benzene rings is 2. The van der Waals surface area contributed by atoms with Crippen molar-refractivity contribution in [2.45, 2.75) is 25.5 Å². The number of pyridine rings is 1. The number of aliphatic hydroxyl groups is 1. The molecule has 2 heterocycles. The fourth-order valence-electron chi connectivity index (χ4n) is 4.14. The van der Waals surface area contributed by atoms with Gasteiger partial charge in [0.15, 0.2) is 0 Å². The SMILES string of the molecule is Cc1ccc(-c2nccn2[C@@H]2c3ccccc3C[C@H]2O)c2cccnc12. The summed E-state index contributed by atoms with van der Waals surface area (Å²) in [4.78, 5) is 9.19. The summed E-state index contributed by atoms with van der Waals surface area (Å²) in [7, 11) is 0. The predicted octanol–water partition coefficient (Wildman–Crippen LogP) is 3.91. The van der Waals surface area contributed by atoms with Crippen molar-refractivity contribution in [3.63, 3.8) is 0 Å². The van der Waals surface area contributed by atoms with Crippen LogP contribution in [0.15, 0.2) is 67.1 Å². The van der Waals surface area contributed by atoms with Crippen LogP contribution in [0.2, 0.25) is 0 Å². The summed E-state index contributed by atoms with van der Waals surface area (Å²) >= 11 is 0. The van der Waals surface area contributed by atoms with Crippen LogP contribution in [0.4, 0.5) is 0 Å². The Morgan fingerprint density at radius 2 is 1.88 bits per heavy atom. The number of nitrogens with zero attached hydrogens (tertiary/aromatic N) is 3. The van der Waals surface area contributed by atoms with E-state index >= 15 is 0 Å². The average molecular weight is 341 g/mol. The fourth-order valence-corrected chi connectivity index (χ4v) is 4.14. The number of aliphatic hydroxyl groups excluding tert-OH is 1. The lowest BCUT2D eigenvalue weighted by Gasteiger charge is -2.21. The van der Waals surface area contributed by atoms with Crippen molar-refractivity contribution in [2.75, 3.05) is 0 Å². The van der Waals surface area contributed by atoms with Crippen LogP contribution in [0.25, 0.3) is 22.3 Å². The zero-order valence-corrected chi connectivity index (χ0v) is 14.5. The van der Waals surface area contributed by atoms with Crippen LogP contribution in [0.3, 0.4) is 0 Å². The number of hydrogen-bond donors (Lipinski definition) is 1. The molecule has 0 amide bonds. The summed E-state index contributed by atoms with van der Waals surface area (Å²) in [6.07, 6.45) is 5.82. The lowest BCUT2D eigenvalue weighted by Crippen LogP contribution is -2.21. The second-order valence-electron chi connectivity index (χ2n) is 6.90. The Morgan fingerprint density at radius 3 is 2.81 bits per heavy atom. The van der Waals surface area contributed by atoms with Crippen molar-refractivity contribution in [1.29, 1.82) is 0 Å². The molecule has 128 valence electrons. The molecule has 4 nitrogen and oxygen atoms in total. The van der Waals surface area contributed by atoms with E-state index in [-0.39, 0.29) is 6.04 Å². The van der Waals surface area contributed by atoms with E-state index in [9.17, 15) is 5.11 Å². The van der Waals surface area contributed by atoms with E-state index in [0.717, 1.165) is 27.9 Å². The second kappa shape index (κ2) is 5.78. The first-order valence-corrected chi connectivity index (χ1v) is 8.87. The molecule has 5 rings (SSSR count). The number of aryl methyl sites for hydroxylation is 1. The van der Waals surface area contributed by atoms with Crippen LogP contribution in [-0.4, -0.2) is 25.7 Å². The van der Waals surface area contributed by atoms with Gasteiger partial charge in [-0.1, -0.05) is 42.5 Å². The van der Waals surface area contributed by atoms with E-state index in [2.05, 4.69) is 51.8 Å². The Hall–Kier alpha value is -2.98. The molecule has 2 aromatic heterocycles. The maximum Gasteiger partial charge on any atom is 0.141 e. The summed E-state index contributed by atoms with van der Waals surface area (Å²) in [6.45, 7) is 2.07. The molecule has 2 aromatic carbocycles. The molecular formula is C22H19N3O. The minimum atomic E-state index is -0.449. The number of rotatable bonds is 2. The molecule has 2 atom stereocenters. The van der Waals surface area contributed by atoms with Crippen molar-refractivity contribution in [3.8, 4) is 11.4 Å². The summed E-state index contributed by atoms with van der Waals surface area (Å²) in [5.74, 6) is 0.865. The molecule has 0 unspecified atom stereocenters. The highest BCUT2D eigenvalue weighted by molar-refractivity contribution is 5.94. The van der Waals surface area contributed by atoms with Gasteiger partial charge in [-0.2, -0.15) is 0 Å². The highest BCUT2D eigenvalue weighted by Gasteiger charge is 2.33. The molecule has 0 fully saturated rings. The van der Waals surface area contributed by atoms with Crippen LogP contribution in [-0.2, 0) is 6.42 Å². The predicted molar refractivity (Wildman–Crippen MR) is 102 cm³/mol. The van der Waals surface area contributed by atoms with Crippen LogP contribution in [0, 0.1) is 6.92 Å². The smallest absolute Gasteiger partial charge is 0.141 e. The summed E-state index contributed by atoms with van der Waals surface area (Å²) in [6, 6.07) is 16.4. The maximum atomic E-state index is 10.7. The third-order valence-corrected chi connectivity index (χ3v) is 5.35. The van der Waals surface area contributed by atoms with Gasteiger partial charge in [-0.15, -0.1) is 0 Å². The van der Waals surface area contributed by atoms with E-state index < -0.39 is 6.10 Å². The molecule has 0 saturated heterocycles. The number of fused-ring (bicyclic) bond motifs is 2. The van der Waals surface area contributed by atoms with E-state index in [1.807, 2.05) is 36.8 Å². The van der Waals surface area contributed by atoms with E-state index in [1.165, 1.54) is 11.1 Å². The Morgan fingerprint density at radius 1 is 1.00 bits per heavy atom. The first-order valence-electron chi connectivity index (χ1n) is 8.87. The van der Waals surface area contributed by atoms with Crippen LogP contribution in [0.5, 0.6) is 0 Å². The largest absolute Gasteiger partial charge is 0.390 e. The van der Waals surface area contributed by atoms with Crippen molar-refractivity contribution in [3.05, 3.63) is 83.8 Å². The molecule has 0 radical (unpaired) electrons. The molecule has 0 aliphatic heterocycles. The monoisotopic (exact) mass is 341 g/mol. The molecule has 0 saturated carbocycles. The lowest BCUT2D eigenvalue weighted by atomic mass is 10.0. The molecule has 4 heteroatoms. The van der Waals surface area contributed by atoms with Gasteiger partial charge in [0.25, 0.3) is 0 Å². The summed E-state index contributed by atoms with van der Waals surface area (Å²) in [5.41, 5.74) is 5.56. The van der Waals surface area contributed by atoms with Gasteiger partial charge in [0.1, 0.15) is 5.82 Å². The first kappa shape index (κ1) is 15.3. The van der Waals surface area contributed by atoms with Gasteiger partial charge >= 0.3 is 0 Å². The van der Waals surface area contributed by atoms with Crippen LogP contribution >= 0.6 is 0 Å². The normalized spacial score (nSPS) is 19.0. The van der Waals surface area contributed by atoms with Crippen molar-refractivity contribution < 1.29 is 5.11 Å². The van der Waals surface area contributed by atoms with Crippen LogP contribution < -0.4 is 0 Å². The Bertz CT molecular complexity index is 1120. The van der Waals surface area contributed by atoms with Crippen LogP contribution in [0.1, 0.15) is 22.7 Å². The summed E-state index contributed by atoms with van der Waals surface area (Å²) in [5, 5.41) is 11.8. The van der Waals surface area contributed by atoms with Gasteiger partial charge in [0, 0.05) is 36.0 Å². The molecule has 0 bridgehead atoms. The Balaban J connectivity index is 1.72. The third-order valence-electron chi connectivity index (χ3n) is 5.35. The van der Waals surface area contributed by atoms with E-state index in [1.54, 1.807) is 0 Å². The molecule has 4 aromatic rings. The zero-order chi connectivity index (χ0) is 17.7. The van der Waals surface area contributed by atoms with Gasteiger partial charge in [-0.3, -0.25) is 4.98 Å². The molecule has 1 aliphatic carbocycles. The zero-order valence-electron chi connectivity index (χ0n) is 14.5. The average Bonchev–Trinajstić information content (AvgIpc) is 3.25. The molecule has 1 aliphatic rings. The number of imidazole rings is 1. The highest BCUT2D eigenvalue weighted by Crippen LogP contribution is 2.38. The minimum absolute atomic E-state index is 0.114. The van der Waals surface area contributed by atoms with Gasteiger partial charge in [0.2, 0.25) is 0 Å². The van der Waals surface area contributed by atoms with Gasteiger partial charge in [-0.05, 0) is 29.7 Å². The standard InChI is InChI=1S/C22H19N3O/c1-14-8-9-18(17-7-4-10-23-20(14)17)22-24-11-12-25(22)21-16-6-3-2-5-15(16)13-19(21)26/h2-12,19,21,26H,13H2,1H3/t19-,21-/m1/s1. The molecule has 26 heavy (non-hydrogen) atoms. The number of hydrogen-bond acceptors (Lipinski definition) is 3. The Kier molecular flexibility index (Phi) is 3.40. The topological polar surface area (TPSA) is 50.9 Å². The first-order chi connectivity index (χ1) is 12.7. The maximum absolute atomic E-state index is 10.7. The van der Waals surface area contributed by atoms with Crippen molar-refractivity contribution in [2.24, 2.45) is 0 Å². The second-order valence-corrected chi connectivity index (χ2v) is 6.90. The van der Waals surface area contributed by atoms with E-state index in [0.29, 0.717) is 6.42 Å². The highest BCUT2D eigenvalue weighted by atomic mass is 16.3. The third kappa shape index (κ3) is 2.19. The fraction of sp³-hybridized carbons (Fsp3) is 0.182.